The highest BCUT2D eigenvalue weighted by atomic mass is 127. The van der Waals surface area contributed by atoms with E-state index in [4.69, 9.17) is 4.18 Å². The Bertz CT molecular complexity index is 309. The first-order valence-corrected chi connectivity index (χ1v) is 7.51. The molecule has 0 saturated heterocycles. The molecular formula is C10H18IN2OS+. The molecule has 0 fully saturated rings. The van der Waals surface area contributed by atoms with Crippen LogP contribution in [0.2, 0.25) is 0 Å². The molecule has 15 heavy (non-hydrogen) atoms. The fourth-order valence-corrected chi connectivity index (χ4v) is 2.16. The number of halogens is 1. The van der Waals surface area contributed by atoms with Crippen LogP contribution in [-0.4, -0.2) is 27.2 Å². The van der Waals surface area contributed by atoms with E-state index < -0.39 is 0 Å². The first-order valence-electron chi connectivity index (χ1n) is 4.87. The van der Waals surface area contributed by atoms with Crippen LogP contribution in [0.1, 0.15) is 20.8 Å². The summed E-state index contributed by atoms with van der Waals surface area (Å²) in [5, 5.41) is 0. The van der Waals surface area contributed by atoms with Gasteiger partial charge in [-0.1, -0.05) is 0 Å². The Hall–Kier alpha value is 0.250. The molecule has 0 N–H and O–H groups in total. The minimum absolute atomic E-state index is 0.00837. The van der Waals surface area contributed by atoms with Crippen LogP contribution in [-0.2, 0) is 21.9 Å². The first-order chi connectivity index (χ1) is 6.91. The fourth-order valence-electron chi connectivity index (χ4n) is 0.915. The molecule has 0 bridgehead atoms. The van der Waals surface area contributed by atoms with Gasteiger partial charge in [0, 0.05) is 12.4 Å². The maximum Gasteiger partial charge on any atom is 0.171 e. The van der Waals surface area contributed by atoms with Crippen molar-refractivity contribution in [2.24, 2.45) is 0 Å². The summed E-state index contributed by atoms with van der Waals surface area (Å²) in [5.74, 6) is 0. The van der Waals surface area contributed by atoms with Crippen LogP contribution in [0.4, 0.5) is 0 Å². The molecule has 0 aromatic carbocycles. The van der Waals surface area contributed by atoms with Crippen molar-refractivity contribution in [1.82, 2.24) is 9.55 Å². The molecule has 0 aliphatic carbocycles. The Morgan fingerprint density at radius 2 is 2.20 bits per heavy atom. The summed E-state index contributed by atoms with van der Waals surface area (Å²) >= 11 is 2.24. The molecule has 1 heterocycles. The van der Waals surface area contributed by atoms with Crippen molar-refractivity contribution in [2.45, 2.75) is 32.1 Å². The fraction of sp³-hybridized carbons (Fsp3) is 0.700. The standard InChI is InChI=1S/C10H18IN2OS/c1-10(2,3)15(4)14-8-7-13-6-5-12-9(13)11/h5-6H,7-8H2,1-4H3/q+1. The highest BCUT2D eigenvalue weighted by Crippen LogP contribution is 2.17. The second kappa shape index (κ2) is 5.54. The molecular weight excluding hydrogens is 323 g/mol. The van der Waals surface area contributed by atoms with Crippen LogP contribution in [0.15, 0.2) is 12.4 Å². The van der Waals surface area contributed by atoms with Crippen molar-refractivity contribution in [3.05, 3.63) is 16.2 Å². The molecule has 0 spiro atoms. The van der Waals surface area contributed by atoms with Gasteiger partial charge >= 0.3 is 0 Å². The van der Waals surface area contributed by atoms with E-state index in [0.717, 1.165) is 17.0 Å². The molecule has 1 unspecified atom stereocenters. The summed E-state index contributed by atoms with van der Waals surface area (Å²) < 4.78 is 9.16. The lowest BCUT2D eigenvalue weighted by atomic mass is 10.3. The van der Waals surface area contributed by atoms with E-state index in [1.807, 2.05) is 12.4 Å². The predicted octanol–water partition coefficient (Wildman–Crippen LogP) is 2.47. The molecule has 1 aromatic heterocycles. The van der Waals surface area contributed by atoms with Gasteiger partial charge in [0.2, 0.25) is 0 Å². The molecule has 5 heteroatoms. The summed E-state index contributed by atoms with van der Waals surface area (Å²) in [6.45, 7) is 8.25. The average molecular weight is 341 g/mol. The van der Waals surface area contributed by atoms with Crippen LogP contribution in [0.5, 0.6) is 0 Å². The topological polar surface area (TPSA) is 27.1 Å². The number of rotatable bonds is 4. The Kier molecular flexibility index (Phi) is 4.92. The third-order valence-corrected chi connectivity index (χ3v) is 5.26. The van der Waals surface area contributed by atoms with Gasteiger partial charge < -0.3 is 4.57 Å². The van der Waals surface area contributed by atoms with E-state index in [9.17, 15) is 0 Å². The maximum atomic E-state index is 5.81. The van der Waals surface area contributed by atoms with Crippen molar-refractivity contribution in [1.29, 1.82) is 0 Å². The van der Waals surface area contributed by atoms with Crippen LogP contribution in [0.3, 0.4) is 0 Å². The third-order valence-electron chi connectivity index (χ3n) is 2.12. The summed E-state index contributed by atoms with van der Waals surface area (Å²) in [4.78, 5) is 4.16. The summed E-state index contributed by atoms with van der Waals surface area (Å²) in [7, 11) is 0. The van der Waals surface area contributed by atoms with Gasteiger partial charge in [0.1, 0.15) is 24.0 Å². The molecule has 0 aliphatic rings. The van der Waals surface area contributed by atoms with E-state index in [1.165, 1.54) is 0 Å². The van der Waals surface area contributed by atoms with Gasteiger partial charge in [-0.05, 0) is 43.4 Å². The molecule has 0 amide bonds. The minimum Gasteiger partial charge on any atom is -0.324 e. The summed E-state index contributed by atoms with van der Waals surface area (Å²) in [6, 6.07) is 0. The van der Waals surface area contributed by atoms with Crippen molar-refractivity contribution in [2.75, 3.05) is 12.9 Å². The zero-order valence-electron chi connectivity index (χ0n) is 9.66. The average Bonchev–Trinajstić information content (AvgIpc) is 2.50. The number of hydrogen-bond donors (Lipinski definition) is 0. The third kappa shape index (κ3) is 4.32. The largest absolute Gasteiger partial charge is 0.324 e. The lowest BCUT2D eigenvalue weighted by Gasteiger charge is -2.15. The molecule has 1 aromatic rings. The minimum atomic E-state index is 0.00837. The predicted molar refractivity (Wildman–Crippen MR) is 73.9 cm³/mol. The molecule has 3 nitrogen and oxygen atoms in total. The quantitative estimate of drug-likeness (QED) is 0.621. The van der Waals surface area contributed by atoms with E-state index in [2.05, 4.69) is 59.2 Å². The number of imidazole rings is 1. The van der Waals surface area contributed by atoms with Crippen LogP contribution < -0.4 is 0 Å². The molecule has 1 atom stereocenters. The van der Waals surface area contributed by atoms with E-state index >= 15 is 0 Å². The Morgan fingerprint density at radius 3 is 2.67 bits per heavy atom. The lowest BCUT2D eigenvalue weighted by molar-refractivity contribution is 0.329. The van der Waals surface area contributed by atoms with E-state index in [-0.39, 0.29) is 15.9 Å². The van der Waals surface area contributed by atoms with Crippen LogP contribution in [0, 0.1) is 3.83 Å². The summed E-state index contributed by atoms with van der Waals surface area (Å²) in [6.07, 6.45) is 5.95. The van der Waals surface area contributed by atoms with Crippen LogP contribution >= 0.6 is 22.6 Å². The van der Waals surface area contributed by atoms with Crippen LogP contribution in [0.25, 0.3) is 0 Å². The van der Waals surface area contributed by atoms with E-state index in [1.54, 1.807) is 0 Å². The normalized spacial score (nSPS) is 14.2. The second-order valence-electron chi connectivity index (χ2n) is 4.28. The van der Waals surface area contributed by atoms with Crippen molar-refractivity contribution in [3.63, 3.8) is 0 Å². The molecule has 0 radical (unpaired) electrons. The van der Waals surface area contributed by atoms with Gasteiger partial charge in [0.15, 0.2) is 8.58 Å². The first kappa shape index (κ1) is 13.3. The molecule has 0 saturated carbocycles. The van der Waals surface area contributed by atoms with Gasteiger partial charge in [0.05, 0.1) is 6.54 Å². The zero-order valence-corrected chi connectivity index (χ0v) is 12.6. The maximum absolute atomic E-state index is 5.81. The Morgan fingerprint density at radius 1 is 1.53 bits per heavy atom. The second-order valence-corrected chi connectivity index (χ2v) is 7.61. The van der Waals surface area contributed by atoms with Crippen molar-refractivity contribution >= 4 is 33.8 Å². The zero-order chi connectivity index (χ0) is 11.5. The highest BCUT2D eigenvalue weighted by molar-refractivity contribution is 14.1. The van der Waals surface area contributed by atoms with Gasteiger partial charge in [-0.2, -0.15) is 4.18 Å². The molecule has 86 valence electrons. The van der Waals surface area contributed by atoms with Gasteiger partial charge in [-0.3, -0.25) is 0 Å². The number of aromatic nitrogens is 2. The molecule has 0 aliphatic heterocycles. The highest BCUT2D eigenvalue weighted by Gasteiger charge is 2.31. The van der Waals surface area contributed by atoms with Gasteiger partial charge in [0.25, 0.3) is 0 Å². The van der Waals surface area contributed by atoms with Crippen molar-refractivity contribution in [3.8, 4) is 0 Å². The monoisotopic (exact) mass is 341 g/mol. The Labute approximate surface area is 108 Å². The lowest BCUT2D eigenvalue weighted by Crippen LogP contribution is -2.30. The smallest absolute Gasteiger partial charge is 0.171 e. The number of hydrogen-bond acceptors (Lipinski definition) is 2. The SMILES string of the molecule is C[S+](OCCn1ccnc1I)C(C)(C)C. The van der Waals surface area contributed by atoms with Gasteiger partial charge in [-0.15, -0.1) is 0 Å². The van der Waals surface area contributed by atoms with Crippen molar-refractivity contribution < 1.29 is 4.18 Å². The molecule has 1 rings (SSSR count). The summed E-state index contributed by atoms with van der Waals surface area (Å²) in [5.41, 5.74) is 0. The Balaban J connectivity index is 2.31. The van der Waals surface area contributed by atoms with Gasteiger partial charge in [-0.25, -0.2) is 4.98 Å². The van der Waals surface area contributed by atoms with E-state index in [0.29, 0.717) is 0 Å². The number of nitrogens with zero attached hydrogens (tertiary/aromatic N) is 2.